The summed E-state index contributed by atoms with van der Waals surface area (Å²) in [5, 5.41) is 13.5. The summed E-state index contributed by atoms with van der Waals surface area (Å²) in [6.45, 7) is 5.11. The molecule has 0 bridgehead atoms. The number of aromatic nitrogens is 3. The maximum absolute atomic E-state index is 12.5. The maximum Gasteiger partial charge on any atom is 0.341 e. The highest BCUT2D eigenvalue weighted by Crippen LogP contribution is 2.17. The summed E-state index contributed by atoms with van der Waals surface area (Å²) in [6, 6.07) is 8.03. The zero-order valence-electron chi connectivity index (χ0n) is 17.3. The van der Waals surface area contributed by atoms with Gasteiger partial charge in [-0.1, -0.05) is 6.07 Å². The Bertz CT molecular complexity index is 1260. The molecular formula is C21H21IN6O3S. The molecule has 2 aromatic heterocycles. The molecule has 1 aliphatic heterocycles. The van der Waals surface area contributed by atoms with Gasteiger partial charge in [0.25, 0.3) is 0 Å². The zero-order valence-corrected chi connectivity index (χ0v) is 20.3. The Morgan fingerprint density at radius 1 is 1.28 bits per heavy atom. The third-order valence-electron chi connectivity index (χ3n) is 5.30. The number of nitrogens with one attached hydrogen (secondary N) is 1. The highest BCUT2D eigenvalue weighted by Gasteiger charge is 2.22. The van der Waals surface area contributed by atoms with E-state index in [-0.39, 0.29) is 10.9 Å². The van der Waals surface area contributed by atoms with E-state index in [1.54, 1.807) is 4.57 Å². The predicted octanol–water partition coefficient (Wildman–Crippen LogP) is 2.63. The first-order chi connectivity index (χ1) is 15.4. The molecule has 0 saturated carbocycles. The van der Waals surface area contributed by atoms with Gasteiger partial charge in [-0.05, 0) is 59.9 Å². The van der Waals surface area contributed by atoms with Crippen LogP contribution in [0.5, 0.6) is 0 Å². The van der Waals surface area contributed by atoms with Gasteiger partial charge in [-0.3, -0.25) is 4.79 Å². The van der Waals surface area contributed by atoms with Crippen LogP contribution < -0.4 is 15.6 Å². The molecule has 166 valence electrons. The average molecular weight is 564 g/mol. The number of aryl methyl sites for hydroxylation is 1. The first-order valence-electron chi connectivity index (χ1n) is 10.1. The lowest BCUT2D eigenvalue weighted by atomic mass is 10.2. The van der Waals surface area contributed by atoms with E-state index >= 15 is 0 Å². The van der Waals surface area contributed by atoms with Crippen molar-refractivity contribution in [2.45, 2.75) is 13.5 Å². The van der Waals surface area contributed by atoms with Crippen LogP contribution in [0.15, 0.2) is 41.5 Å². The van der Waals surface area contributed by atoms with Crippen molar-refractivity contribution in [1.29, 1.82) is 0 Å². The summed E-state index contributed by atoms with van der Waals surface area (Å²) in [7, 11) is 0. The Balaban J connectivity index is 1.50. The summed E-state index contributed by atoms with van der Waals surface area (Å²) in [6.07, 6.45) is 2.77. The van der Waals surface area contributed by atoms with Gasteiger partial charge in [-0.25, -0.2) is 9.78 Å². The predicted molar refractivity (Wildman–Crippen MR) is 136 cm³/mol. The molecule has 0 atom stereocenters. The first-order valence-corrected chi connectivity index (χ1v) is 11.6. The average Bonchev–Trinajstić information content (AvgIpc) is 2.79. The molecule has 2 N–H and O–H groups in total. The van der Waals surface area contributed by atoms with E-state index in [0.717, 1.165) is 9.26 Å². The number of pyridine rings is 1. The van der Waals surface area contributed by atoms with Gasteiger partial charge in [-0.2, -0.15) is 4.98 Å². The smallest absolute Gasteiger partial charge is 0.341 e. The number of hydrogen-bond donors (Lipinski definition) is 2. The first kappa shape index (κ1) is 22.4. The molecule has 32 heavy (non-hydrogen) atoms. The topological polar surface area (TPSA) is 104 Å². The maximum atomic E-state index is 12.5. The number of halogens is 1. The largest absolute Gasteiger partial charge is 0.477 e. The van der Waals surface area contributed by atoms with E-state index in [9.17, 15) is 14.7 Å². The van der Waals surface area contributed by atoms with Crippen LogP contribution >= 0.6 is 34.8 Å². The second-order valence-electron chi connectivity index (χ2n) is 7.28. The minimum atomic E-state index is -1.26. The zero-order chi connectivity index (χ0) is 22.8. The van der Waals surface area contributed by atoms with Gasteiger partial charge in [-0.15, -0.1) is 0 Å². The summed E-state index contributed by atoms with van der Waals surface area (Å²) in [5.41, 5.74) is 0.547. The van der Waals surface area contributed by atoms with Crippen molar-refractivity contribution in [2.75, 3.05) is 36.4 Å². The van der Waals surface area contributed by atoms with Gasteiger partial charge < -0.3 is 24.8 Å². The van der Waals surface area contributed by atoms with Crippen molar-refractivity contribution in [3.8, 4) is 0 Å². The molecule has 1 aromatic carbocycles. The lowest BCUT2D eigenvalue weighted by Crippen LogP contribution is -2.50. The third kappa shape index (κ3) is 4.53. The van der Waals surface area contributed by atoms with Crippen molar-refractivity contribution in [1.82, 2.24) is 19.4 Å². The normalized spacial score (nSPS) is 13.9. The fourth-order valence-corrected chi connectivity index (χ4v) is 4.43. The highest BCUT2D eigenvalue weighted by molar-refractivity contribution is 14.1. The van der Waals surface area contributed by atoms with E-state index in [4.69, 9.17) is 12.2 Å². The van der Waals surface area contributed by atoms with Crippen molar-refractivity contribution >= 4 is 68.6 Å². The molecule has 11 heteroatoms. The molecular weight excluding hydrogens is 543 g/mol. The van der Waals surface area contributed by atoms with Crippen LogP contribution in [0.4, 0.5) is 11.6 Å². The van der Waals surface area contributed by atoms with Crippen LogP contribution in [0.3, 0.4) is 0 Å². The highest BCUT2D eigenvalue weighted by atomic mass is 127. The molecule has 0 spiro atoms. The van der Waals surface area contributed by atoms with Crippen molar-refractivity contribution in [3.05, 3.63) is 56.0 Å². The number of aromatic carboxylic acids is 1. The number of benzene rings is 1. The molecule has 4 rings (SSSR count). The molecule has 0 aliphatic carbocycles. The molecule has 1 fully saturated rings. The van der Waals surface area contributed by atoms with Gasteiger partial charge in [0.05, 0.1) is 5.39 Å². The van der Waals surface area contributed by atoms with Gasteiger partial charge in [0.2, 0.25) is 11.4 Å². The number of fused-ring (bicyclic) bond motifs is 1. The van der Waals surface area contributed by atoms with Crippen LogP contribution in [0.25, 0.3) is 11.0 Å². The molecule has 0 amide bonds. The number of nitrogens with zero attached hydrogens (tertiary/aromatic N) is 5. The number of rotatable bonds is 4. The van der Waals surface area contributed by atoms with E-state index < -0.39 is 11.4 Å². The molecule has 0 radical (unpaired) electrons. The molecule has 1 aliphatic rings. The second-order valence-corrected chi connectivity index (χ2v) is 8.92. The number of anilines is 2. The minimum Gasteiger partial charge on any atom is -0.477 e. The van der Waals surface area contributed by atoms with Gasteiger partial charge in [0.15, 0.2) is 5.11 Å². The Hall–Kier alpha value is -2.80. The fraction of sp³-hybridized carbons (Fsp3) is 0.286. The summed E-state index contributed by atoms with van der Waals surface area (Å²) in [4.78, 5) is 37.0. The van der Waals surface area contributed by atoms with E-state index in [1.165, 1.54) is 12.4 Å². The van der Waals surface area contributed by atoms with Gasteiger partial charge in [0, 0.05) is 54.4 Å². The third-order valence-corrected chi connectivity index (χ3v) is 6.33. The van der Waals surface area contributed by atoms with Crippen LogP contribution in [-0.2, 0) is 6.54 Å². The quantitative estimate of drug-likeness (QED) is 0.366. The van der Waals surface area contributed by atoms with E-state index in [2.05, 4.69) is 42.8 Å². The molecule has 0 unspecified atom stereocenters. The number of carboxylic acid groups (broad SMARTS) is 1. The van der Waals surface area contributed by atoms with Gasteiger partial charge >= 0.3 is 5.97 Å². The Kier molecular flexibility index (Phi) is 6.55. The fourth-order valence-electron chi connectivity index (χ4n) is 3.59. The standard InChI is InChI=1S/C21H21IN6O3S/c1-2-26-12-16(19(30)31)17(29)15-11-23-20(25-18(15)26)27-6-8-28(9-7-27)21(32)24-14-5-3-4-13(22)10-14/h3-5,10-12H,2,6-9H2,1H3,(H,24,32)(H,30,31). The molecule has 3 aromatic rings. The lowest BCUT2D eigenvalue weighted by molar-refractivity contribution is 0.0695. The Morgan fingerprint density at radius 3 is 2.69 bits per heavy atom. The van der Waals surface area contributed by atoms with Gasteiger partial charge in [0.1, 0.15) is 11.2 Å². The minimum absolute atomic E-state index is 0.206. The SMILES string of the molecule is CCn1cc(C(=O)O)c(=O)c2cnc(N3CCN(C(=S)Nc4cccc(I)c4)CC3)nc21. The van der Waals surface area contributed by atoms with Crippen LogP contribution in [0.1, 0.15) is 17.3 Å². The van der Waals surface area contributed by atoms with Crippen molar-refractivity contribution < 1.29 is 9.90 Å². The second kappa shape index (κ2) is 9.36. The van der Waals surface area contributed by atoms with Crippen molar-refractivity contribution in [2.24, 2.45) is 0 Å². The summed E-state index contributed by atoms with van der Waals surface area (Å²) in [5.74, 6) is -0.743. The Morgan fingerprint density at radius 2 is 2.03 bits per heavy atom. The summed E-state index contributed by atoms with van der Waals surface area (Å²) < 4.78 is 2.80. The van der Waals surface area contributed by atoms with Crippen LogP contribution in [0.2, 0.25) is 0 Å². The number of piperazine rings is 1. The monoisotopic (exact) mass is 564 g/mol. The van der Waals surface area contributed by atoms with E-state index in [1.807, 2.05) is 36.1 Å². The number of carboxylic acids is 1. The molecule has 1 saturated heterocycles. The summed E-state index contributed by atoms with van der Waals surface area (Å²) >= 11 is 7.84. The van der Waals surface area contributed by atoms with Crippen LogP contribution in [-0.4, -0.2) is 61.8 Å². The van der Waals surface area contributed by atoms with Crippen LogP contribution in [0, 0.1) is 3.57 Å². The van der Waals surface area contributed by atoms with Crippen molar-refractivity contribution in [3.63, 3.8) is 0 Å². The molecule has 9 nitrogen and oxygen atoms in total. The number of hydrogen-bond acceptors (Lipinski definition) is 6. The lowest BCUT2D eigenvalue weighted by Gasteiger charge is -2.36. The molecule has 3 heterocycles. The van der Waals surface area contributed by atoms with E-state index in [0.29, 0.717) is 49.4 Å². The Labute approximate surface area is 203 Å². The number of carbonyl (C=O) groups is 1. The number of thiocarbonyl (C=S) groups is 1.